The van der Waals surface area contributed by atoms with Crippen molar-refractivity contribution in [1.82, 2.24) is 9.88 Å². The van der Waals surface area contributed by atoms with E-state index in [4.69, 9.17) is 4.74 Å². The van der Waals surface area contributed by atoms with Crippen LogP contribution in [0.3, 0.4) is 0 Å². The van der Waals surface area contributed by atoms with E-state index in [1.807, 2.05) is 12.3 Å². The summed E-state index contributed by atoms with van der Waals surface area (Å²) in [6.45, 7) is 6.02. The van der Waals surface area contributed by atoms with Gasteiger partial charge in [0.15, 0.2) is 0 Å². The van der Waals surface area contributed by atoms with Crippen LogP contribution in [-0.4, -0.2) is 49.3 Å². The van der Waals surface area contributed by atoms with Crippen molar-refractivity contribution in [3.8, 4) is 0 Å². The molecule has 1 aliphatic rings. The van der Waals surface area contributed by atoms with Gasteiger partial charge >= 0.3 is 0 Å². The number of ether oxygens (including phenoxy) is 1. The summed E-state index contributed by atoms with van der Waals surface area (Å²) < 4.78 is 6.54. The summed E-state index contributed by atoms with van der Waals surface area (Å²) in [5, 5.41) is 3.35. The third-order valence-electron chi connectivity index (χ3n) is 2.78. The molecule has 1 aliphatic heterocycles. The topological polar surface area (TPSA) is 37.4 Å². The average molecular weight is 347 g/mol. The molecule has 0 radical (unpaired) electrons. The van der Waals surface area contributed by atoms with Gasteiger partial charge in [-0.05, 0) is 47.7 Å². The Labute approximate surface area is 116 Å². The molecule has 2 heterocycles. The minimum Gasteiger partial charge on any atom is -0.379 e. The second-order valence-electron chi connectivity index (χ2n) is 4.09. The standard InChI is InChI=1S/C12H18IN3O/c13-11-2-4-15-12(10-11)14-3-1-5-16-6-8-17-9-7-16/h2,4,10H,1,3,5-9H2,(H,14,15). The van der Waals surface area contributed by atoms with E-state index in [9.17, 15) is 0 Å². The highest BCUT2D eigenvalue weighted by atomic mass is 127. The quantitative estimate of drug-likeness (QED) is 0.651. The first-order chi connectivity index (χ1) is 8.34. The molecule has 0 aromatic carbocycles. The van der Waals surface area contributed by atoms with E-state index >= 15 is 0 Å². The summed E-state index contributed by atoms with van der Waals surface area (Å²) in [5.41, 5.74) is 0. The zero-order chi connectivity index (χ0) is 11.9. The van der Waals surface area contributed by atoms with Crippen molar-refractivity contribution >= 4 is 28.4 Å². The van der Waals surface area contributed by atoms with Crippen LogP contribution in [0, 0.1) is 3.57 Å². The molecule has 5 heteroatoms. The largest absolute Gasteiger partial charge is 0.379 e. The van der Waals surface area contributed by atoms with Gasteiger partial charge in [-0.25, -0.2) is 4.98 Å². The van der Waals surface area contributed by atoms with Crippen molar-refractivity contribution in [3.05, 3.63) is 21.9 Å². The minimum atomic E-state index is 0.881. The van der Waals surface area contributed by atoms with Crippen LogP contribution >= 0.6 is 22.6 Å². The van der Waals surface area contributed by atoms with Crippen LogP contribution in [0.2, 0.25) is 0 Å². The van der Waals surface area contributed by atoms with E-state index in [1.165, 1.54) is 3.57 Å². The summed E-state index contributed by atoms with van der Waals surface area (Å²) in [4.78, 5) is 6.73. The van der Waals surface area contributed by atoms with Crippen LogP contribution in [0.25, 0.3) is 0 Å². The SMILES string of the molecule is Ic1ccnc(NCCCN2CCOCC2)c1. The first-order valence-corrected chi connectivity index (χ1v) is 7.08. The predicted molar refractivity (Wildman–Crippen MR) is 77.3 cm³/mol. The zero-order valence-electron chi connectivity index (χ0n) is 9.86. The molecule has 1 fully saturated rings. The normalized spacial score (nSPS) is 17.0. The Balaban J connectivity index is 1.62. The number of halogens is 1. The molecular weight excluding hydrogens is 329 g/mol. The molecule has 0 bridgehead atoms. The first kappa shape index (κ1) is 13.0. The highest BCUT2D eigenvalue weighted by Crippen LogP contribution is 2.08. The Morgan fingerprint density at radius 1 is 1.41 bits per heavy atom. The highest BCUT2D eigenvalue weighted by Gasteiger charge is 2.08. The van der Waals surface area contributed by atoms with E-state index in [1.54, 1.807) is 0 Å². The Kier molecular flexibility index (Phi) is 5.47. The van der Waals surface area contributed by atoms with Gasteiger partial charge in [0.25, 0.3) is 0 Å². The monoisotopic (exact) mass is 347 g/mol. The fraction of sp³-hybridized carbons (Fsp3) is 0.583. The van der Waals surface area contributed by atoms with Gasteiger partial charge in [0.2, 0.25) is 0 Å². The van der Waals surface area contributed by atoms with E-state index in [0.717, 1.165) is 51.6 Å². The van der Waals surface area contributed by atoms with Crippen LogP contribution in [0.1, 0.15) is 6.42 Å². The minimum absolute atomic E-state index is 0.881. The second kappa shape index (κ2) is 7.13. The number of hydrogen-bond acceptors (Lipinski definition) is 4. The van der Waals surface area contributed by atoms with Gasteiger partial charge in [0, 0.05) is 29.4 Å². The molecule has 0 aliphatic carbocycles. The molecule has 1 saturated heterocycles. The van der Waals surface area contributed by atoms with Crippen molar-refractivity contribution in [2.24, 2.45) is 0 Å². The maximum Gasteiger partial charge on any atom is 0.126 e. The Hall–Kier alpha value is -0.400. The lowest BCUT2D eigenvalue weighted by Gasteiger charge is -2.26. The summed E-state index contributed by atoms with van der Waals surface area (Å²) in [6.07, 6.45) is 2.99. The van der Waals surface area contributed by atoms with Gasteiger partial charge in [-0.15, -0.1) is 0 Å². The third kappa shape index (κ3) is 4.77. The third-order valence-corrected chi connectivity index (χ3v) is 3.45. The Bertz CT molecular complexity index is 342. The molecule has 0 unspecified atom stereocenters. The number of aromatic nitrogens is 1. The molecule has 1 aromatic rings. The van der Waals surface area contributed by atoms with Gasteiger partial charge < -0.3 is 10.1 Å². The molecule has 2 rings (SSSR count). The van der Waals surface area contributed by atoms with Crippen molar-refractivity contribution in [3.63, 3.8) is 0 Å². The fourth-order valence-corrected chi connectivity index (χ4v) is 2.30. The molecule has 17 heavy (non-hydrogen) atoms. The number of hydrogen-bond donors (Lipinski definition) is 1. The molecular formula is C12H18IN3O. The summed E-state index contributed by atoms with van der Waals surface area (Å²) >= 11 is 2.30. The lowest BCUT2D eigenvalue weighted by Crippen LogP contribution is -2.37. The molecule has 0 atom stereocenters. The highest BCUT2D eigenvalue weighted by molar-refractivity contribution is 14.1. The Morgan fingerprint density at radius 2 is 2.24 bits per heavy atom. The van der Waals surface area contributed by atoms with Crippen molar-refractivity contribution < 1.29 is 4.74 Å². The molecule has 0 amide bonds. The van der Waals surface area contributed by atoms with E-state index in [0.29, 0.717) is 0 Å². The van der Waals surface area contributed by atoms with E-state index in [2.05, 4.69) is 43.9 Å². The summed E-state index contributed by atoms with van der Waals surface area (Å²) in [6, 6.07) is 4.06. The van der Waals surface area contributed by atoms with E-state index < -0.39 is 0 Å². The molecule has 1 N–H and O–H groups in total. The van der Waals surface area contributed by atoms with Gasteiger partial charge in [0.05, 0.1) is 13.2 Å². The maximum atomic E-state index is 5.32. The Morgan fingerprint density at radius 3 is 3.00 bits per heavy atom. The lowest BCUT2D eigenvalue weighted by molar-refractivity contribution is 0.0378. The lowest BCUT2D eigenvalue weighted by atomic mass is 10.3. The summed E-state index contributed by atoms with van der Waals surface area (Å²) in [5.74, 6) is 0.971. The second-order valence-corrected chi connectivity index (χ2v) is 5.34. The van der Waals surface area contributed by atoms with Crippen molar-refractivity contribution in [1.29, 1.82) is 0 Å². The number of pyridine rings is 1. The number of nitrogens with zero attached hydrogens (tertiary/aromatic N) is 2. The first-order valence-electron chi connectivity index (χ1n) is 6.00. The van der Waals surface area contributed by atoms with Gasteiger partial charge in [-0.2, -0.15) is 0 Å². The van der Waals surface area contributed by atoms with Crippen LogP contribution in [0.5, 0.6) is 0 Å². The predicted octanol–water partition coefficient (Wildman–Crippen LogP) is 1.82. The molecule has 0 spiro atoms. The van der Waals surface area contributed by atoms with Crippen LogP contribution in [0.15, 0.2) is 18.3 Å². The van der Waals surface area contributed by atoms with E-state index in [-0.39, 0.29) is 0 Å². The molecule has 1 aromatic heterocycles. The number of rotatable bonds is 5. The van der Waals surface area contributed by atoms with Crippen LogP contribution in [-0.2, 0) is 4.74 Å². The number of anilines is 1. The number of nitrogens with one attached hydrogen (secondary N) is 1. The maximum absolute atomic E-state index is 5.32. The number of morpholine rings is 1. The molecule has 94 valence electrons. The van der Waals surface area contributed by atoms with Crippen LogP contribution in [0.4, 0.5) is 5.82 Å². The fourth-order valence-electron chi connectivity index (χ4n) is 1.85. The smallest absolute Gasteiger partial charge is 0.126 e. The summed E-state index contributed by atoms with van der Waals surface area (Å²) in [7, 11) is 0. The zero-order valence-corrected chi connectivity index (χ0v) is 12.0. The van der Waals surface area contributed by atoms with Gasteiger partial charge in [-0.1, -0.05) is 0 Å². The van der Waals surface area contributed by atoms with Gasteiger partial charge in [-0.3, -0.25) is 4.90 Å². The van der Waals surface area contributed by atoms with Crippen LogP contribution < -0.4 is 5.32 Å². The molecule has 0 saturated carbocycles. The van der Waals surface area contributed by atoms with Gasteiger partial charge in [0.1, 0.15) is 5.82 Å². The molecule has 4 nitrogen and oxygen atoms in total. The van der Waals surface area contributed by atoms with Crippen molar-refractivity contribution in [2.45, 2.75) is 6.42 Å². The average Bonchev–Trinajstić information content (AvgIpc) is 2.36. The van der Waals surface area contributed by atoms with Crippen molar-refractivity contribution in [2.75, 3.05) is 44.7 Å².